The number of rotatable bonds is 7. The Hall–Kier alpha value is -3.77. The van der Waals surface area contributed by atoms with Crippen molar-refractivity contribution in [2.45, 2.75) is 57.6 Å². The normalized spacial score (nSPS) is 26.1. The molecule has 0 spiro atoms. The monoisotopic (exact) mass is 559 g/mol. The number of hydrogen-bond donors (Lipinski definition) is 6. The number of primary amides is 1. The molecule has 216 valence electrons. The quantitative estimate of drug-likeness (QED) is 0.214. The molecule has 12 heteroatoms. The maximum Gasteiger partial charge on any atom is 0.255 e. The van der Waals surface area contributed by atoms with Gasteiger partial charge in [0.05, 0.1) is 17.3 Å². The first-order valence-electron chi connectivity index (χ1n) is 13.1. The first kappa shape index (κ1) is 29.2. The standard InChI is InChI=1S/C28H34FN3O8/c1-11(2)6-5-7-17(33)31-16-10-15(29)13-8-12-9-14-21(32(3)4)24(36)20(27(30)39)26(38)28(14,40)25(37)18(12)23(35)19(13)22(16)34/h10-12,14,21,34-35,38,40H,5-9H2,1-4H3,(H2,30,39)(H,31,33)/t12-,14-,21-,28-/m0/s1. The molecule has 1 saturated carbocycles. The Kier molecular flexibility index (Phi) is 7.54. The van der Waals surface area contributed by atoms with Gasteiger partial charge >= 0.3 is 0 Å². The van der Waals surface area contributed by atoms with Crippen LogP contribution in [0.5, 0.6) is 5.75 Å². The predicted octanol–water partition coefficient (Wildman–Crippen LogP) is 1.87. The smallest absolute Gasteiger partial charge is 0.255 e. The summed E-state index contributed by atoms with van der Waals surface area (Å²) in [7, 11) is 2.98. The lowest BCUT2D eigenvalue weighted by molar-refractivity contribution is -0.153. The molecule has 3 aliphatic carbocycles. The van der Waals surface area contributed by atoms with Gasteiger partial charge in [0.25, 0.3) is 5.91 Å². The van der Waals surface area contributed by atoms with Gasteiger partial charge < -0.3 is 31.5 Å². The largest absolute Gasteiger partial charge is 0.508 e. The highest BCUT2D eigenvalue weighted by Crippen LogP contribution is 2.53. The van der Waals surface area contributed by atoms with Crippen molar-refractivity contribution >= 4 is 34.8 Å². The van der Waals surface area contributed by atoms with E-state index in [9.17, 15) is 39.6 Å². The number of likely N-dealkylation sites (N-methyl/N-ethyl adjacent to an activating group) is 1. The Bertz CT molecular complexity index is 1380. The van der Waals surface area contributed by atoms with Crippen molar-refractivity contribution in [3.63, 3.8) is 0 Å². The average Bonchev–Trinajstić information content (AvgIpc) is 2.83. The summed E-state index contributed by atoms with van der Waals surface area (Å²) in [4.78, 5) is 52.8. The molecule has 0 aliphatic heterocycles. The highest BCUT2D eigenvalue weighted by Gasteiger charge is 2.64. The van der Waals surface area contributed by atoms with Crippen LogP contribution >= 0.6 is 0 Å². The summed E-state index contributed by atoms with van der Waals surface area (Å²) in [6.45, 7) is 4.01. The van der Waals surface area contributed by atoms with Crippen molar-refractivity contribution in [3.8, 4) is 5.75 Å². The highest BCUT2D eigenvalue weighted by atomic mass is 19.1. The van der Waals surface area contributed by atoms with E-state index in [0.717, 1.165) is 12.5 Å². The minimum Gasteiger partial charge on any atom is -0.508 e. The van der Waals surface area contributed by atoms with E-state index >= 15 is 4.39 Å². The van der Waals surface area contributed by atoms with Gasteiger partial charge in [-0.15, -0.1) is 0 Å². The van der Waals surface area contributed by atoms with Crippen LogP contribution in [0.25, 0.3) is 5.76 Å². The second-order valence-electron chi connectivity index (χ2n) is 11.4. The fraction of sp³-hybridized carbons (Fsp3) is 0.500. The molecule has 7 N–H and O–H groups in total. The maximum atomic E-state index is 15.3. The molecule has 2 amide bonds. The molecule has 0 bridgehead atoms. The maximum absolute atomic E-state index is 15.3. The summed E-state index contributed by atoms with van der Waals surface area (Å²) < 4.78 is 15.3. The van der Waals surface area contributed by atoms with Crippen LogP contribution < -0.4 is 11.1 Å². The van der Waals surface area contributed by atoms with Crippen molar-refractivity contribution in [2.75, 3.05) is 19.4 Å². The van der Waals surface area contributed by atoms with Crippen LogP contribution in [0.4, 0.5) is 10.1 Å². The molecule has 1 fully saturated rings. The van der Waals surface area contributed by atoms with E-state index in [0.29, 0.717) is 12.3 Å². The van der Waals surface area contributed by atoms with Gasteiger partial charge in [0, 0.05) is 29.5 Å². The number of aliphatic hydroxyl groups excluding tert-OH is 2. The van der Waals surface area contributed by atoms with Crippen molar-refractivity contribution < 1.29 is 44.0 Å². The third-order valence-electron chi connectivity index (χ3n) is 8.13. The summed E-state index contributed by atoms with van der Waals surface area (Å²) in [6.07, 6.45) is 1.15. The van der Waals surface area contributed by atoms with Crippen LogP contribution in [0, 0.1) is 23.6 Å². The first-order chi connectivity index (χ1) is 18.6. The predicted molar refractivity (Wildman–Crippen MR) is 142 cm³/mol. The van der Waals surface area contributed by atoms with E-state index in [2.05, 4.69) is 5.32 Å². The zero-order valence-corrected chi connectivity index (χ0v) is 22.7. The van der Waals surface area contributed by atoms with E-state index in [1.54, 1.807) is 0 Å². The van der Waals surface area contributed by atoms with Crippen LogP contribution in [0.1, 0.15) is 50.7 Å². The fourth-order valence-corrected chi connectivity index (χ4v) is 6.24. The number of carbonyl (C=O) groups is 4. The first-order valence-corrected chi connectivity index (χ1v) is 13.1. The van der Waals surface area contributed by atoms with Crippen LogP contribution in [-0.2, 0) is 25.6 Å². The number of nitrogens with two attached hydrogens (primary N) is 1. The Morgan fingerprint density at radius 3 is 2.45 bits per heavy atom. The highest BCUT2D eigenvalue weighted by molar-refractivity contribution is 6.24. The molecule has 0 radical (unpaired) electrons. The summed E-state index contributed by atoms with van der Waals surface area (Å²) in [5.41, 5.74) is 0.365. The van der Waals surface area contributed by atoms with Crippen molar-refractivity contribution in [2.24, 2.45) is 23.5 Å². The summed E-state index contributed by atoms with van der Waals surface area (Å²) in [5.74, 6) is -9.20. The van der Waals surface area contributed by atoms with Crippen LogP contribution in [0.3, 0.4) is 0 Å². The number of Topliss-reactive ketones (excluding diaryl/α,β-unsaturated/α-hetero) is 2. The number of aliphatic hydroxyl groups is 3. The van der Waals surface area contributed by atoms with E-state index in [4.69, 9.17) is 5.73 Å². The van der Waals surface area contributed by atoms with Gasteiger partial charge in [0.1, 0.15) is 22.9 Å². The number of nitrogens with one attached hydrogen (secondary N) is 1. The number of phenols is 1. The van der Waals surface area contributed by atoms with Crippen LogP contribution in [0.15, 0.2) is 23.0 Å². The zero-order valence-electron chi connectivity index (χ0n) is 22.7. The van der Waals surface area contributed by atoms with Crippen molar-refractivity contribution in [1.29, 1.82) is 0 Å². The Labute approximate surface area is 230 Å². The lowest BCUT2D eigenvalue weighted by Gasteiger charge is -2.50. The summed E-state index contributed by atoms with van der Waals surface area (Å²) >= 11 is 0. The third-order valence-corrected chi connectivity index (χ3v) is 8.13. The van der Waals surface area contributed by atoms with Gasteiger partial charge in [-0.1, -0.05) is 20.3 Å². The molecular weight excluding hydrogens is 525 g/mol. The summed E-state index contributed by atoms with van der Waals surface area (Å²) in [6, 6.07) is -0.294. The average molecular weight is 560 g/mol. The number of ketones is 2. The molecule has 0 saturated heterocycles. The van der Waals surface area contributed by atoms with E-state index in [-0.39, 0.29) is 30.5 Å². The molecule has 0 unspecified atom stereocenters. The fourth-order valence-electron chi connectivity index (χ4n) is 6.24. The number of amides is 2. The topological polar surface area (TPSA) is 190 Å². The Balaban J connectivity index is 1.81. The van der Waals surface area contributed by atoms with Gasteiger partial charge in [-0.2, -0.15) is 0 Å². The lowest BCUT2D eigenvalue weighted by atomic mass is 9.57. The van der Waals surface area contributed by atoms with Gasteiger partial charge in [0.2, 0.25) is 11.7 Å². The number of aromatic hydroxyl groups is 1. The molecule has 4 rings (SSSR count). The second-order valence-corrected chi connectivity index (χ2v) is 11.4. The van der Waals surface area contributed by atoms with E-state index < -0.39 is 86.7 Å². The number of halogens is 1. The molecule has 0 aromatic heterocycles. The van der Waals surface area contributed by atoms with E-state index in [1.807, 2.05) is 13.8 Å². The molecule has 1 aromatic carbocycles. The number of nitrogens with zero attached hydrogens (tertiary/aromatic N) is 1. The molecular formula is C28H34FN3O8. The number of fused-ring (bicyclic) bond motifs is 3. The van der Waals surface area contributed by atoms with Crippen LogP contribution in [-0.4, -0.2) is 74.4 Å². The Morgan fingerprint density at radius 2 is 1.88 bits per heavy atom. The molecule has 4 atom stereocenters. The molecule has 1 aromatic rings. The number of carbonyl (C=O) groups excluding carboxylic acids is 4. The van der Waals surface area contributed by atoms with E-state index in [1.165, 1.54) is 19.0 Å². The minimum atomic E-state index is -2.79. The molecule has 3 aliphatic rings. The second kappa shape index (κ2) is 10.3. The SMILES string of the molecule is CC(C)CCCC(=O)Nc1cc(F)c2c(c1O)C(O)=C1C(=O)[C@]3(O)C(O)=C(C(N)=O)C(=O)[C@@H](N(C)C)[C@@H]3C[C@@H]1C2. The zero-order chi connectivity index (χ0) is 29.8. The number of anilines is 1. The van der Waals surface area contributed by atoms with Gasteiger partial charge in [-0.05, 0) is 45.2 Å². The van der Waals surface area contributed by atoms with Gasteiger partial charge in [-0.25, -0.2) is 4.39 Å². The lowest BCUT2D eigenvalue weighted by Crippen LogP contribution is -2.65. The van der Waals surface area contributed by atoms with Crippen LogP contribution in [0.2, 0.25) is 0 Å². The van der Waals surface area contributed by atoms with Gasteiger partial charge in [-0.3, -0.25) is 24.1 Å². The molecule has 0 heterocycles. The molecule has 11 nitrogen and oxygen atoms in total. The number of benzene rings is 1. The van der Waals surface area contributed by atoms with Crippen molar-refractivity contribution in [3.05, 3.63) is 39.9 Å². The summed E-state index contributed by atoms with van der Waals surface area (Å²) in [5, 5.41) is 47.1. The molecule has 40 heavy (non-hydrogen) atoms. The minimum absolute atomic E-state index is 0.110. The number of phenolic OH excluding ortho intramolecular Hbond substituents is 1. The van der Waals surface area contributed by atoms with Crippen molar-refractivity contribution in [1.82, 2.24) is 4.90 Å². The third kappa shape index (κ3) is 4.44. The number of hydrogen-bond acceptors (Lipinski definition) is 9. The van der Waals surface area contributed by atoms with Gasteiger partial charge in [0.15, 0.2) is 17.1 Å². The Morgan fingerprint density at radius 1 is 1.23 bits per heavy atom.